The van der Waals surface area contributed by atoms with Crippen LogP contribution in [0.15, 0.2) is 18.2 Å². The minimum Gasteiger partial charge on any atom is -0.454 e. The molecule has 1 aromatic rings. The molecule has 1 atom stereocenters. The van der Waals surface area contributed by atoms with Gasteiger partial charge in [-0.1, -0.05) is 6.07 Å². The topological polar surface area (TPSA) is 41.9 Å². The molecule has 104 valence electrons. The Hall–Kier alpha value is -1.26. The summed E-state index contributed by atoms with van der Waals surface area (Å²) in [5, 5.41) is 9.79. The van der Waals surface area contributed by atoms with Crippen LogP contribution in [0.3, 0.4) is 0 Å². The van der Waals surface area contributed by atoms with E-state index in [2.05, 4.69) is 30.9 Å². The molecule has 0 aliphatic carbocycles. The Balaban J connectivity index is 1.74. The van der Waals surface area contributed by atoms with Crippen LogP contribution in [-0.4, -0.2) is 35.0 Å². The third-order valence-corrected chi connectivity index (χ3v) is 4.13. The third kappa shape index (κ3) is 2.55. The van der Waals surface area contributed by atoms with Crippen LogP contribution in [0.4, 0.5) is 0 Å². The van der Waals surface area contributed by atoms with Gasteiger partial charge in [-0.3, -0.25) is 4.90 Å². The highest BCUT2D eigenvalue weighted by Crippen LogP contribution is 2.34. The van der Waals surface area contributed by atoms with Crippen molar-refractivity contribution in [3.05, 3.63) is 23.8 Å². The Kier molecular flexibility index (Phi) is 3.15. The zero-order valence-corrected chi connectivity index (χ0v) is 11.6. The average molecular weight is 263 g/mol. The molecule has 0 spiro atoms. The molecule has 4 heteroatoms. The molecule has 0 bridgehead atoms. The molecule has 0 radical (unpaired) electrons. The normalized spacial score (nSPS) is 25.5. The summed E-state index contributed by atoms with van der Waals surface area (Å²) in [5.41, 5.74) is 1.27. The lowest BCUT2D eigenvalue weighted by molar-refractivity contribution is -0.00719. The maximum Gasteiger partial charge on any atom is 0.231 e. The standard InChI is InChI=1S/C15H21NO3/c1-15(2)8-12(17)5-6-16(15)9-11-3-4-13-14(7-11)19-10-18-13/h3-4,7,12,17H,5-6,8-10H2,1-2H3. The number of hydrogen-bond acceptors (Lipinski definition) is 4. The highest BCUT2D eigenvalue weighted by Gasteiger charge is 2.33. The smallest absolute Gasteiger partial charge is 0.231 e. The quantitative estimate of drug-likeness (QED) is 0.887. The highest BCUT2D eigenvalue weighted by atomic mass is 16.7. The van der Waals surface area contributed by atoms with E-state index < -0.39 is 0 Å². The number of likely N-dealkylation sites (tertiary alicyclic amines) is 1. The van der Waals surface area contributed by atoms with Gasteiger partial charge < -0.3 is 14.6 Å². The van der Waals surface area contributed by atoms with Gasteiger partial charge in [0.15, 0.2) is 11.5 Å². The van der Waals surface area contributed by atoms with Gasteiger partial charge in [-0.2, -0.15) is 0 Å². The fraction of sp³-hybridized carbons (Fsp3) is 0.600. The van der Waals surface area contributed by atoms with E-state index in [1.54, 1.807) is 0 Å². The summed E-state index contributed by atoms with van der Waals surface area (Å²) >= 11 is 0. The van der Waals surface area contributed by atoms with Gasteiger partial charge in [0.2, 0.25) is 6.79 Å². The van der Waals surface area contributed by atoms with Crippen LogP contribution in [0, 0.1) is 0 Å². The van der Waals surface area contributed by atoms with Gasteiger partial charge in [0.25, 0.3) is 0 Å². The summed E-state index contributed by atoms with van der Waals surface area (Å²) in [4.78, 5) is 2.43. The molecule has 3 rings (SSSR count). The summed E-state index contributed by atoms with van der Waals surface area (Å²) in [5.74, 6) is 1.67. The van der Waals surface area contributed by atoms with Crippen molar-refractivity contribution in [3.63, 3.8) is 0 Å². The van der Waals surface area contributed by atoms with Crippen molar-refractivity contribution in [2.45, 2.75) is 44.9 Å². The fourth-order valence-corrected chi connectivity index (χ4v) is 2.97. The van der Waals surface area contributed by atoms with Crippen LogP contribution in [0.25, 0.3) is 0 Å². The van der Waals surface area contributed by atoms with E-state index in [4.69, 9.17) is 9.47 Å². The summed E-state index contributed by atoms with van der Waals surface area (Å²) < 4.78 is 10.7. The first kappa shape index (κ1) is 12.8. The van der Waals surface area contributed by atoms with Crippen LogP contribution < -0.4 is 9.47 Å². The van der Waals surface area contributed by atoms with Crippen molar-refractivity contribution in [3.8, 4) is 11.5 Å². The molecule has 2 heterocycles. The molecule has 0 aromatic heterocycles. The van der Waals surface area contributed by atoms with E-state index in [-0.39, 0.29) is 11.6 Å². The highest BCUT2D eigenvalue weighted by molar-refractivity contribution is 5.44. The summed E-state index contributed by atoms with van der Waals surface area (Å²) in [7, 11) is 0. The molecule has 1 unspecified atom stereocenters. The molecule has 2 aliphatic rings. The molecule has 0 amide bonds. The minimum atomic E-state index is -0.164. The van der Waals surface area contributed by atoms with E-state index in [1.807, 2.05) is 6.07 Å². The molecule has 0 saturated carbocycles. The number of rotatable bonds is 2. The molecule has 1 N–H and O–H groups in total. The fourth-order valence-electron chi connectivity index (χ4n) is 2.97. The van der Waals surface area contributed by atoms with Gasteiger partial charge in [-0.15, -0.1) is 0 Å². The second kappa shape index (κ2) is 4.69. The Labute approximate surface area is 113 Å². The van der Waals surface area contributed by atoms with Crippen LogP contribution in [0.1, 0.15) is 32.3 Å². The SMILES string of the molecule is CC1(C)CC(O)CCN1Cc1ccc2c(c1)OCO2. The van der Waals surface area contributed by atoms with E-state index >= 15 is 0 Å². The summed E-state index contributed by atoms with van der Waals surface area (Å²) in [6.45, 7) is 6.53. The third-order valence-electron chi connectivity index (χ3n) is 4.13. The number of aliphatic hydroxyl groups is 1. The monoisotopic (exact) mass is 263 g/mol. The van der Waals surface area contributed by atoms with Gasteiger partial charge in [-0.25, -0.2) is 0 Å². The van der Waals surface area contributed by atoms with E-state index in [9.17, 15) is 5.11 Å². The van der Waals surface area contributed by atoms with E-state index in [0.717, 1.165) is 37.4 Å². The second-order valence-corrected chi connectivity index (χ2v) is 6.07. The van der Waals surface area contributed by atoms with Crippen LogP contribution in [-0.2, 0) is 6.54 Å². The predicted molar refractivity (Wildman–Crippen MR) is 72.3 cm³/mol. The molecular formula is C15H21NO3. The largest absolute Gasteiger partial charge is 0.454 e. The average Bonchev–Trinajstić information content (AvgIpc) is 2.79. The van der Waals surface area contributed by atoms with Crippen molar-refractivity contribution in [1.82, 2.24) is 4.90 Å². The number of ether oxygens (including phenoxy) is 2. The number of fused-ring (bicyclic) bond motifs is 1. The molecular weight excluding hydrogens is 242 g/mol. The first-order valence-electron chi connectivity index (χ1n) is 6.86. The maximum absolute atomic E-state index is 9.79. The van der Waals surface area contributed by atoms with Crippen LogP contribution in [0.2, 0.25) is 0 Å². The number of nitrogens with zero attached hydrogens (tertiary/aromatic N) is 1. The maximum atomic E-state index is 9.79. The zero-order chi connectivity index (χ0) is 13.5. The van der Waals surface area contributed by atoms with Crippen LogP contribution >= 0.6 is 0 Å². The van der Waals surface area contributed by atoms with Gasteiger partial charge in [0, 0.05) is 18.6 Å². The minimum absolute atomic E-state index is 0.0358. The first-order chi connectivity index (χ1) is 9.04. The molecule has 1 fully saturated rings. The Morgan fingerprint density at radius 1 is 1.32 bits per heavy atom. The molecule has 4 nitrogen and oxygen atoms in total. The zero-order valence-electron chi connectivity index (χ0n) is 11.6. The number of piperidine rings is 1. The van der Waals surface area contributed by atoms with E-state index in [1.165, 1.54) is 5.56 Å². The van der Waals surface area contributed by atoms with E-state index in [0.29, 0.717) is 6.79 Å². The van der Waals surface area contributed by atoms with Gasteiger partial charge in [0.05, 0.1) is 6.10 Å². The molecule has 1 aromatic carbocycles. The number of hydrogen-bond donors (Lipinski definition) is 1. The Bertz CT molecular complexity index is 472. The Morgan fingerprint density at radius 2 is 2.11 bits per heavy atom. The van der Waals surface area contributed by atoms with Crippen molar-refractivity contribution >= 4 is 0 Å². The number of aliphatic hydroxyl groups excluding tert-OH is 1. The lowest BCUT2D eigenvalue weighted by atomic mass is 9.88. The summed E-state index contributed by atoms with van der Waals surface area (Å²) in [6.07, 6.45) is 1.52. The lowest BCUT2D eigenvalue weighted by Crippen LogP contribution is -2.50. The van der Waals surface area contributed by atoms with Gasteiger partial charge in [0.1, 0.15) is 0 Å². The van der Waals surface area contributed by atoms with Crippen molar-refractivity contribution in [2.24, 2.45) is 0 Å². The predicted octanol–water partition coefficient (Wildman–Crippen LogP) is 2.15. The molecule has 2 aliphatic heterocycles. The van der Waals surface area contributed by atoms with Crippen LogP contribution in [0.5, 0.6) is 11.5 Å². The molecule has 1 saturated heterocycles. The van der Waals surface area contributed by atoms with Gasteiger partial charge in [-0.05, 0) is 44.4 Å². The lowest BCUT2D eigenvalue weighted by Gasteiger charge is -2.44. The molecule has 19 heavy (non-hydrogen) atoms. The van der Waals surface area contributed by atoms with Gasteiger partial charge >= 0.3 is 0 Å². The van der Waals surface area contributed by atoms with Crippen molar-refractivity contribution in [2.75, 3.05) is 13.3 Å². The van der Waals surface area contributed by atoms with Crippen molar-refractivity contribution < 1.29 is 14.6 Å². The number of benzene rings is 1. The second-order valence-electron chi connectivity index (χ2n) is 6.07. The summed E-state index contributed by atoms with van der Waals surface area (Å²) in [6, 6.07) is 6.13. The Morgan fingerprint density at radius 3 is 2.89 bits per heavy atom. The first-order valence-corrected chi connectivity index (χ1v) is 6.86. The van der Waals surface area contributed by atoms with Crippen molar-refractivity contribution in [1.29, 1.82) is 0 Å².